The van der Waals surface area contributed by atoms with Gasteiger partial charge in [-0.2, -0.15) is 5.10 Å². The van der Waals surface area contributed by atoms with Gasteiger partial charge in [0, 0.05) is 19.0 Å². The van der Waals surface area contributed by atoms with Crippen molar-refractivity contribution in [1.29, 1.82) is 0 Å². The van der Waals surface area contributed by atoms with E-state index in [1.54, 1.807) is 6.07 Å². The van der Waals surface area contributed by atoms with Crippen molar-refractivity contribution in [2.24, 2.45) is 0 Å². The lowest BCUT2D eigenvalue weighted by Crippen LogP contribution is -2.17. The van der Waals surface area contributed by atoms with Gasteiger partial charge < -0.3 is 5.32 Å². The molecule has 0 radical (unpaired) electrons. The molecular weight excluding hydrogens is 250 g/mol. The van der Waals surface area contributed by atoms with Gasteiger partial charge >= 0.3 is 0 Å². The SMILES string of the molecule is CCCNCCc1nnc(-c2ccc(=O)[nH]n2)s1. The van der Waals surface area contributed by atoms with E-state index in [1.807, 2.05) is 0 Å². The van der Waals surface area contributed by atoms with Gasteiger partial charge in [-0.15, -0.1) is 10.2 Å². The minimum Gasteiger partial charge on any atom is -0.316 e. The van der Waals surface area contributed by atoms with Crippen molar-refractivity contribution in [3.8, 4) is 10.7 Å². The summed E-state index contributed by atoms with van der Waals surface area (Å²) < 4.78 is 0. The van der Waals surface area contributed by atoms with Crippen LogP contribution >= 0.6 is 11.3 Å². The fraction of sp³-hybridized carbons (Fsp3) is 0.455. The lowest BCUT2D eigenvalue weighted by Gasteiger charge is -1.98. The zero-order valence-corrected chi connectivity index (χ0v) is 11.0. The Morgan fingerprint density at radius 2 is 2.22 bits per heavy atom. The Kier molecular flexibility index (Phi) is 4.54. The Hall–Kier alpha value is -1.60. The van der Waals surface area contributed by atoms with Gasteiger partial charge in [0.15, 0.2) is 5.01 Å². The van der Waals surface area contributed by atoms with Crippen LogP contribution in [0.15, 0.2) is 16.9 Å². The molecule has 2 aromatic heterocycles. The molecule has 0 fully saturated rings. The minimum atomic E-state index is -0.216. The highest BCUT2D eigenvalue weighted by atomic mass is 32.1. The quantitative estimate of drug-likeness (QED) is 0.756. The van der Waals surface area contributed by atoms with Crippen LogP contribution in [0.4, 0.5) is 0 Å². The molecule has 96 valence electrons. The van der Waals surface area contributed by atoms with Crippen LogP contribution in [-0.4, -0.2) is 33.5 Å². The zero-order valence-electron chi connectivity index (χ0n) is 10.1. The molecule has 0 aliphatic rings. The number of hydrogen-bond donors (Lipinski definition) is 2. The van der Waals surface area contributed by atoms with Gasteiger partial charge in [0.05, 0.1) is 0 Å². The van der Waals surface area contributed by atoms with Crippen molar-refractivity contribution in [2.45, 2.75) is 19.8 Å². The molecule has 2 rings (SSSR count). The van der Waals surface area contributed by atoms with Crippen molar-refractivity contribution >= 4 is 11.3 Å². The molecular formula is C11H15N5OS. The molecule has 7 heteroatoms. The smallest absolute Gasteiger partial charge is 0.264 e. The molecule has 0 aromatic carbocycles. The van der Waals surface area contributed by atoms with E-state index in [4.69, 9.17) is 0 Å². The maximum absolute atomic E-state index is 10.9. The number of nitrogens with zero attached hydrogens (tertiary/aromatic N) is 3. The topological polar surface area (TPSA) is 83.6 Å². The second-order valence-electron chi connectivity index (χ2n) is 3.81. The molecule has 6 nitrogen and oxygen atoms in total. The highest BCUT2D eigenvalue weighted by molar-refractivity contribution is 7.14. The number of nitrogens with one attached hydrogen (secondary N) is 2. The Bertz CT molecular complexity index is 530. The van der Waals surface area contributed by atoms with E-state index in [2.05, 4.69) is 32.6 Å². The van der Waals surface area contributed by atoms with Crippen molar-refractivity contribution in [3.05, 3.63) is 27.5 Å². The summed E-state index contributed by atoms with van der Waals surface area (Å²) in [6.45, 7) is 4.06. The Labute approximate surface area is 108 Å². The molecule has 2 aromatic rings. The van der Waals surface area contributed by atoms with Gasteiger partial charge in [0.25, 0.3) is 5.56 Å². The van der Waals surface area contributed by atoms with Crippen LogP contribution in [0.25, 0.3) is 10.7 Å². The summed E-state index contributed by atoms with van der Waals surface area (Å²) in [5.74, 6) is 0. The fourth-order valence-electron chi connectivity index (χ4n) is 1.42. The van der Waals surface area contributed by atoms with E-state index >= 15 is 0 Å². The summed E-state index contributed by atoms with van der Waals surface area (Å²) in [5, 5.41) is 19.5. The maximum atomic E-state index is 10.9. The average molecular weight is 265 g/mol. The van der Waals surface area contributed by atoms with Crippen LogP contribution in [0.5, 0.6) is 0 Å². The van der Waals surface area contributed by atoms with E-state index in [0.29, 0.717) is 5.69 Å². The predicted molar refractivity (Wildman–Crippen MR) is 70.6 cm³/mol. The molecule has 0 saturated carbocycles. The predicted octanol–water partition coefficient (Wildman–Crippen LogP) is 0.830. The van der Waals surface area contributed by atoms with Crippen LogP contribution in [0, 0.1) is 0 Å². The van der Waals surface area contributed by atoms with Crippen molar-refractivity contribution < 1.29 is 0 Å². The van der Waals surface area contributed by atoms with Gasteiger partial charge in [0.2, 0.25) is 0 Å². The Morgan fingerprint density at radius 3 is 2.94 bits per heavy atom. The lowest BCUT2D eigenvalue weighted by molar-refractivity contribution is 0.668. The molecule has 0 amide bonds. The summed E-state index contributed by atoms with van der Waals surface area (Å²) in [6.07, 6.45) is 1.99. The van der Waals surface area contributed by atoms with Crippen LogP contribution in [-0.2, 0) is 6.42 Å². The van der Waals surface area contributed by atoms with Gasteiger partial charge in [-0.1, -0.05) is 18.3 Å². The summed E-state index contributed by atoms with van der Waals surface area (Å²) in [6, 6.07) is 3.09. The first-order valence-electron chi connectivity index (χ1n) is 5.89. The van der Waals surface area contributed by atoms with Crippen LogP contribution < -0.4 is 10.9 Å². The summed E-state index contributed by atoms with van der Waals surface area (Å²) in [5.41, 5.74) is 0.437. The Morgan fingerprint density at radius 1 is 1.33 bits per heavy atom. The van der Waals surface area contributed by atoms with E-state index in [9.17, 15) is 4.79 Å². The second kappa shape index (κ2) is 6.36. The molecule has 2 N–H and O–H groups in total. The third-order valence-electron chi connectivity index (χ3n) is 2.31. The zero-order chi connectivity index (χ0) is 12.8. The monoisotopic (exact) mass is 265 g/mol. The third kappa shape index (κ3) is 3.44. The van der Waals surface area contributed by atoms with Gasteiger partial charge in [-0.3, -0.25) is 4.79 Å². The number of rotatable bonds is 6. The van der Waals surface area contributed by atoms with E-state index in [1.165, 1.54) is 17.4 Å². The largest absolute Gasteiger partial charge is 0.316 e. The van der Waals surface area contributed by atoms with Crippen LogP contribution in [0.3, 0.4) is 0 Å². The maximum Gasteiger partial charge on any atom is 0.264 e. The van der Waals surface area contributed by atoms with Gasteiger partial charge in [-0.25, -0.2) is 5.10 Å². The summed E-state index contributed by atoms with van der Waals surface area (Å²) >= 11 is 1.50. The Balaban J connectivity index is 1.97. The molecule has 0 spiro atoms. The molecule has 0 unspecified atom stereocenters. The summed E-state index contributed by atoms with van der Waals surface area (Å²) in [4.78, 5) is 10.9. The first-order chi connectivity index (χ1) is 8.79. The van der Waals surface area contributed by atoms with Crippen molar-refractivity contribution in [3.63, 3.8) is 0 Å². The fourth-order valence-corrected chi connectivity index (χ4v) is 2.23. The normalized spacial score (nSPS) is 10.7. The van der Waals surface area contributed by atoms with Gasteiger partial charge in [-0.05, 0) is 19.0 Å². The first kappa shape index (κ1) is 12.8. The van der Waals surface area contributed by atoms with Crippen LogP contribution in [0.1, 0.15) is 18.4 Å². The molecule has 0 atom stereocenters. The lowest BCUT2D eigenvalue weighted by atomic mass is 10.4. The second-order valence-corrected chi connectivity index (χ2v) is 4.87. The van der Waals surface area contributed by atoms with E-state index < -0.39 is 0 Å². The van der Waals surface area contributed by atoms with Crippen molar-refractivity contribution in [2.75, 3.05) is 13.1 Å². The molecule has 0 aliphatic heterocycles. The number of H-pyrrole nitrogens is 1. The molecule has 18 heavy (non-hydrogen) atoms. The van der Waals surface area contributed by atoms with E-state index in [0.717, 1.165) is 35.9 Å². The molecule has 2 heterocycles. The highest BCUT2D eigenvalue weighted by Crippen LogP contribution is 2.20. The van der Waals surface area contributed by atoms with Crippen LogP contribution in [0.2, 0.25) is 0 Å². The van der Waals surface area contributed by atoms with E-state index in [-0.39, 0.29) is 5.56 Å². The first-order valence-corrected chi connectivity index (χ1v) is 6.70. The highest BCUT2D eigenvalue weighted by Gasteiger charge is 2.07. The molecule has 0 saturated heterocycles. The average Bonchev–Trinajstić information content (AvgIpc) is 2.84. The van der Waals surface area contributed by atoms with Gasteiger partial charge in [0.1, 0.15) is 10.7 Å². The van der Waals surface area contributed by atoms with Crippen molar-refractivity contribution in [1.82, 2.24) is 25.7 Å². The standard InChI is InChI=1S/C11H15N5OS/c1-2-6-12-7-5-10-15-16-11(18-10)8-3-4-9(17)14-13-8/h3-4,12H,2,5-7H2,1H3,(H,14,17). The minimum absolute atomic E-state index is 0.216. The third-order valence-corrected chi connectivity index (χ3v) is 3.31. The number of aromatic nitrogens is 4. The molecule has 0 bridgehead atoms. The molecule has 0 aliphatic carbocycles. The number of hydrogen-bond acceptors (Lipinski definition) is 6. The number of aromatic amines is 1. The summed E-state index contributed by atoms with van der Waals surface area (Å²) in [7, 11) is 0.